The average molecular weight is 370 g/mol. The average Bonchev–Trinajstić information content (AvgIpc) is 3.15. The summed E-state index contributed by atoms with van der Waals surface area (Å²) in [6.07, 6.45) is 1.89. The number of oxazole rings is 1. The van der Waals surface area contributed by atoms with Crippen LogP contribution in [-0.2, 0) is 11.2 Å². The minimum atomic E-state index is -0.386. The first kappa shape index (κ1) is 18.4. The Bertz CT molecular complexity index is 939. The number of amides is 1. The second kappa shape index (κ2) is 8.35. The fourth-order valence-corrected chi connectivity index (χ4v) is 2.56. The Morgan fingerprint density at radius 2 is 2.00 bits per heavy atom. The lowest BCUT2D eigenvalue weighted by Gasteiger charge is -2.11. The third kappa shape index (κ3) is 4.44. The predicted molar refractivity (Wildman–Crippen MR) is 98.4 cm³/mol. The highest BCUT2D eigenvalue weighted by molar-refractivity contribution is 5.92. The molecule has 1 N–H and O–H groups in total. The van der Waals surface area contributed by atoms with Gasteiger partial charge in [-0.3, -0.25) is 4.79 Å². The summed E-state index contributed by atoms with van der Waals surface area (Å²) in [6.45, 7) is 0. The van der Waals surface area contributed by atoms with Gasteiger partial charge in [0, 0.05) is 18.9 Å². The van der Waals surface area contributed by atoms with Gasteiger partial charge >= 0.3 is 0 Å². The van der Waals surface area contributed by atoms with Crippen LogP contribution in [0, 0.1) is 5.82 Å². The number of aryl methyl sites for hydroxylation is 1. The molecule has 0 spiro atoms. The van der Waals surface area contributed by atoms with E-state index < -0.39 is 0 Å². The number of aromatic nitrogens is 1. The van der Waals surface area contributed by atoms with Crippen molar-refractivity contribution in [1.29, 1.82) is 0 Å². The van der Waals surface area contributed by atoms with E-state index in [0.29, 0.717) is 34.4 Å². The number of nitrogens with zero attached hydrogens (tertiary/aromatic N) is 1. The number of halogens is 1. The van der Waals surface area contributed by atoms with Crippen LogP contribution in [0.5, 0.6) is 11.5 Å². The van der Waals surface area contributed by atoms with Gasteiger partial charge < -0.3 is 19.2 Å². The van der Waals surface area contributed by atoms with Crippen LogP contribution >= 0.6 is 0 Å². The molecule has 2 aromatic carbocycles. The number of nitrogens with one attached hydrogen (secondary N) is 1. The first-order valence-corrected chi connectivity index (χ1v) is 8.32. The molecule has 27 heavy (non-hydrogen) atoms. The molecule has 140 valence electrons. The van der Waals surface area contributed by atoms with E-state index >= 15 is 0 Å². The Morgan fingerprint density at radius 1 is 1.19 bits per heavy atom. The highest BCUT2D eigenvalue weighted by Crippen LogP contribution is 2.29. The van der Waals surface area contributed by atoms with Gasteiger partial charge in [-0.2, -0.15) is 0 Å². The van der Waals surface area contributed by atoms with Crippen molar-refractivity contribution in [2.75, 3.05) is 19.5 Å². The van der Waals surface area contributed by atoms with E-state index in [1.807, 2.05) is 0 Å². The van der Waals surface area contributed by atoms with Crippen LogP contribution in [0.1, 0.15) is 12.3 Å². The molecule has 7 heteroatoms. The number of anilines is 1. The zero-order chi connectivity index (χ0) is 19.2. The summed E-state index contributed by atoms with van der Waals surface area (Å²) in [6, 6.07) is 11.4. The topological polar surface area (TPSA) is 73.6 Å². The molecule has 0 aliphatic rings. The predicted octanol–water partition coefficient (Wildman–Crippen LogP) is 4.07. The van der Waals surface area contributed by atoms with Crippen LogP contribution in [0.3, 0.4) is 0 Å². The number of benzene rings is 2. The van der Waals surface area contributed by atoms with E-state index in [1.165, 1.54) is 19.4 Å². The molecule has 0 unspecified atom stereocenters. The lowest BCUT2D eigenvalue weighted by Crippen LogP contribution is -2.13. The second-order valence-electron chi connectivity index (χ2n) is 5.71. The molecular formula is C20H19FN2O4. The summed E-state index contributed by atoms with van der Waals surface area (Å²) in [5.41, 5.74) is 0.850. The second-order valence-corrected chi connectivity index (χ2v) is 5.71. The highest BCUT2D eigenvalue weighted by atomic mass is 19.1. The monoisotopic (exact) mass is 370 g/mol. The molecule has 0 fully saturated rings. The molecule has 3 rings (SSSR count). The van der Waals surface area contributed by atoms with E-state index in [2.05, 4.69) is 10.3 Å². The smallest absolute Gasteiger partial charge is 0.224 e. The minimum absolute atomic E-state index is 0.150. The van der Waals surface area contributed by atoms with Gasteiger partial charge in [0.15, 0.2) is 11.7 Å². The molecule has 0 atom stereocenters. The van der Waals surface area contributed by atoms with Crippen LogP contribution in [-0.4, -0.2) is 25.1 Å². The molecule has 1 aromatic heterocycles. The quantitative estimate of drug-likeness (QED) is 0.679. The maximum atomic E-state index is 13.8. The Morgan fingerprint density at radius 3 is 2.74 bits per heavy atom. The Balaban J connectivity index is 1.63. The molecule has 1 heterocycles. The number of ether oxygens (including phenoxy) is 2. The molecule has 0 saturated carbocycles. The standard InChI is InChI=1S/C20H19FN2O4/c1-25-13-7-8-17(26-2)16(11-13)23-19(24)9-10-20-22-12-18(27-20)14-5-3-4-6-15(14)21/h3-8,11-12H,9-10H2,1-2H3,(H,23,24). The number of hydrogen-bond donors (Lipinski definition) is 1. The van der Waals surface area contributed by atoms with Crippen molar-refractivity contribution >= 4 is 11.6 Å². The SMILES string of the molecule is COc1ccc(OC)c(NC(=O)CCc2ncc(-c3ccccc3F)o2)c1. The number of carbonyl (C=O) groups is 1. The molecule has 0 bridgehead atoms. The normalized spacial score (nSPS) is 10.5. The number of rotatable bonds is 7. The zero-order valence-corrected chi connectivity index (χ0v) is 15.0. The minimum Gasteiger partial charge on any atom is -0.497 e. The fraction of sp³-hybridized carbons (Fsp3) is 0.200. The van der Waals surface area contributed by atoms with Gasteiger partial charge in [-0.15, -0.1) is 0 Å². The van der Waals surface area contributed by atoms with Crippen molar-refractivity contribution in [2.45, 2.75) is 12.8 Å². The van der Waals surface area contributed by atoms with Crippen LogP contribution in [0.15, 0.2) is 53.1 Å². The van der Waals surface area contributed by atoms with Gasteiger partial charge in [-0.1, -0.05) is 12.1 Å². The molecule has 6 nitrogen and oxygen atoms in total. The maximum absolute atomic E-state index is 13.8. The number of hydrogen-bond acceptors (Lipinski definition) is 5. The van der Waals surface area contributed by atoms with E-state index in [1.54, 1.807) is 43.5 Å². The van der Waals surface area contributed by atoms with Crippen molar-refractivity contribution in [3.05, 3.63) is 60.4 Å². The van der Waals surface area contributed by atoms with Gasteiger partial charge in [-0.25, -0.2) is 9.37 Å². The Kier molecular flexibility index (Phi) is 5.71. The van der Waals surface area contributed by atoms with Crippen LogP contribution in [0.25, 0.3) is 11.3 Å². The van der Waals surface area contributed by atoms with E-state index in [4.69, 9.17) is 13.9 Å². The molecule has 1 amide bonds. The summed E-state index contributed by atoms with van der Waals surface area (Å²) >= 11 is 0. The van der Waals surface area contributed by atoms with Crippen molar-refractivity contribution in [1.82, 2.24) is 4.98 Å². The van der Waals surface area contributed by atoms with Crippen LogP contribution in [0.2, 0.25) is 0 Å². The Labute approximate surface area is 155 Å². The third-order valence-electron chi connectivity index (χ3n) is 3.94. The van der Waals surface area contributed by atoms with E-state index in [0.717, 1.165) is 0 Å². The lowest BCUT2D eigenvalue weighted by atomic mass is 10.2. The fourth-order valence-electron chi connectivity index (χ4n) is 2.56. The van der Waals surface area contributed by atoms with Gasteiger partial charge in [0.1, 0.15) is 17.3 Å². The molecule has 0 aliphatic heterocycles. The first-order chi connectivity index (χ1) is 13.1. The van der Waals surface area contributed by atoms with Gasteiger partial charge in [0.2, 0.25) is 5.91 Å². The van der Waals surface area contributed by atoms with Crippen molar-refractivity contribution in [3.63, 3.8) is 0 Å². The van der Waals surface area contributed by atoms with Crippen molar-refractivity contribution < 1.29 is 23.1 Å². The molecule has 0 saturated heterocycles. The number of carbonyl (C=O) groups excluding carboxylic acids is 1. The molecule has 3 aromatic rings. The van der Waals surface area contributed by atoms with Gasteiger partial charge in [0.25, 0.3) is 0 Å². The largest absolute Gasteiger partial charge is 0.497 e. The third-order valence-corrected chi connectivity index (χ3v) is 3.94. The highest BCUT2D eigenvalue weighted by Gasteiger charge is 2.13. The summed E-state index contributed by atoms with van der Waals surface area (Å²) in [5.74, 6) is 1.21. The van der Waals surface area contributed by atoms with Crippen LogP contribution in [0.4, 0.5) is 10.1 Å². The van der Waals surface area contributed by atoms with Crippen molar-refractivity contribution in [3.8, 4) is 22.8 Å². The molecular weight excluding hydrogens is 351 g/mol. The first-order valence-electron chi connectivity index (χ1n) is 8.32. The summed E-state index contributed by atoms with van der Waals surface area (Å²) in [4.78, 5) is 16.4. The Hall–Kier alpha value is -3.35. The van der Waals surface area contributed by atoms with E-state index in [9.17, 15) is 9.18 Å². The van der Waals surface area contributed by atoms with Gasteiger partial charge in [-0.05, 0) is 24.3 Å². The lowest BCUT2D eigenvalue weighted by molar-refractivity contribution is -0.116. The van der Waals surface area contributed by atoms with Crippen LogP contribution < -0.4 is 14.8 Å². The number of methoxy groups -OCH3 is 2. The maximum Gasteiger partial charge on any atom is 0.224 e. The zero-order valence-electron chi connectivity index (χ0n) is 15.0. The van der Waals surface area contributed by atoms with E-state index in [-0.39, 0.29) is 24.6 Å². The summed E-state index contributed by atoms with van der Waals surface area (Å²) in [5, 5.41) is 2.78. The molecule has 0 radical (unpaired) electrons. The molecule has 0 aliphatic carbocycles. The van der Waals surface area contributed by atoms with Gasteiger partial charge in [0.05, 0.1) is 31.7 Å². The summed E-state index contributed by atoms with van der Waals surface area (Å²) in [7, 11) is 3.07. The summed E-state index contributed by atoms with van der Waals surface area (Å²) < 4.78 is 29.7. The van der Waals surface area contributed by atoms with Crippen molar-refractivity contribution in [2.24, 2.45) is 0 Å².